The number of carboxylic acid groups (broad SMARTS) is 1. The van der Waals surface area contributed by atoms with E-state index in [-0.39, 0.29) is 33.4 Å². The highest BCUT2D eigenvalue weighted by atomic mass is 79.9. The monoisotopic (exact) mass is 514 g/mol. The molecule has 160 valence electrons. The van der Waals surface area contributed by atoms with Crippen LogP contribution in [0.2, 0.25) is 5.02 Å². The summed E-state index contributed by atoms with van der Waals surface area (Å²) in [4.78, 5) is 49.6. The lowest BCUT2D eigenvalue weighted by Crippen LogP contribution is -2.54. The van der Waals surface area contributed by atoms with Crippen LogP contribution in [0.1, 0.15) is 16.1 Å². The molecule has 0 saturated carbocycles. The number of imide groups is 2. The van der Waals surface area contributed by atoms with Crippen LogP contribution >= 0.6 is 27.5 Å². The van der Waals surface area contributed by atoms with E-state index in [1.807, 2.05) is 0 Å². The standard InChI is InChI=1S/C22H12BrClN2O6/c23-12-2-4-13(5-3-12)26-20(28)16(19(27)25-22(26)31)10-14-6-8-18(32-14)15-9-11(21(29)30)1-7-17(15)24/h1-10H,(H,29,30)(H,25,27,31)/b16-10+. The predicted octanol–water partition coefficient (Wildman–Crippen LogP) is 4.73. The second kappa shape index (κ2) is 8.45. The Morgan fingerprint density at radius 3 is 2.47 bits per heavy atom. The van der Waals surface area contributed by atoms with E-state index in [0.717, 1.165) is 9.37 Å². The molecule has 1 aromatic heterocycles. The molecule has 4 rings (SSSR count). The molecular formula is C22H12BrClN2O6. The van der Waals surface area contributed by atoms with Crippen molar-refractivity contribution in [2.75, 3.05) is 4.90 Å². The quantitative estimate of drug-likeness (QED) is 0.383. The minimum atomic E-state index is -1.13. The van der Waals surface area contributed by atoms with E-state index in [2.05, 4.69) is 21.2 Å². The van der Waals surface area contributed by atoms with Crippen molar-refractivity contribution in [2.24, 2.45) is 0 Å². The summed E-state index contributed by atoms with van der Waals surface area (Å²) < 4.78 is 6.43. The van der Waals surface area contributed by atoms with Crippen molar-refractivity contribution in [1.29, 1.82) is 0 Å². The molecule has 10 heteroatoms. The Kier molecular flexibility index (Phi) is 5.68. The minimum Gasteiger partial charge on any atom is -0.478 e. The van der Waals surface area contributed by atoms with Crippen LogP contribution < -0.4 is 10.2 Å². The lowest BCUT2D eigenvalue weighted by molar-refractivity contribution is -0.122. The number of amides is 4. The van der Waals surface area contributed by atoms with Crippen LogP contribution in [0.25, 0.3) is 17.4 Å². The molecule has 2 heterocycles. The molecule has 1 saturated heterocycles. The number of hydrogen-bond acceptors (Lipinski definition) is 5. The SMILES string of the molecule is O=C1NC(=O)N(c2ccc(Br)cc2)C(=O)/C1=C/c1ccc(-c2cc(C(=O)O)ccc2Cl)o1. The number of halogens is 2. The zero-order valence-electron chi connectivity index (χ0n) is 16.0. The predicted molar refractivity (Wildman–Crippen MR) is 119 cm³/mol. The number of carbonyl (C=O) groups excluding carboxylic acids is 3. The van der Waals surface area contributed by atoms with E-state index in [1.54, 1.807) is 24.3 Å². The number of rotatable bonds is 4. The van der Waals surface area contributed by atoms with Gasteiger partial charge < -0.3 is 9.52 Å². The van der Waals surface area contributed by atoms with Crippen molar-refractivity contribution in [1.82, 2.24) is 5.32 Å². The van der Waals surface area contributed by atoms with Crippen molar-refractivity contribution >= 4 is 63.1 Å². The van der Waals surface area contributed by atoms with Gasteiger partial charge in [-0.05, 0) is 60.7 Å². The van der Waals surface area contributed by atoms with Crippen molar-refractivity contribution in [3.05, 3.63) is 81.0 Å². The highest BCUT2D eigenvalue weighted by Gasteiger charge is 2.37. The fourth-order valence-electron chi connectivity index (χ4n) is 3.05. The van der Waals surface area contributed by atoms with Gasteiger partial charge in [-0.3, -0.25) is 14.9 Å². The van der Waals surface area contributed by atoms with E-state index < -0.39 is 23.8 Å². The van der Waals surface area contributed by atoms with Gasteiger partial charge in [-0.2, -0.15) is 0 Å². The van der Waals surface area contributed by atoms with Crippen LogP contribution in [0.3, 0.4) is 0 Å². The van der Waals surface area contributed by atoms with Crippen molar-refractivity contribution in [3.63, 3.8) is 0 Å². The Labute approximate surface area is 194 Å². The maximum Gasteiger partial charge on any atom is 0.335 e. The van der Waals surface area contributed by atoms with Gasteiger partial charge in [0.15, 0.2) is 0 Å². The number of furan rings is 1. The molecule has 0 radical (unpaired) electrons. The molecule has 0 bridgehead atoms. The van der Waals surface area contributed by atoms with Gasteiger partial charge in [0.2, 0.25) is 0 Å². The molecule has 32 heavy (non-hydrogen) atoms. The van der Waals surface area contributed by atoms with E-state index >= 15 is 0 Å². The molecule has 3 aromatic rings. The number of hydrogen-bond donors (Lipinski definition) is 2. The highest BCUT2D eigenvalue weighted by molar-refractivity contribution is 9.10. The van der Waals surface area contributed by atoms with Crippen LogP contribution in [0.4, 0.5) is 10.5 Å². The molecule has 1 aliphatic heterocycles. The third-order valence-electron chi connectivity index (χ3n) is 4.58. The van der Waals surface area contributed by atoms with E-state index in [0.29, 0.717) is 5.56 Å². The van der Waals surface area contributed by atoms with Gasteiger partial charge in [0, 0.05) is 10.0 Å². The van der Waals surface area contributed by atoms with Gasteiger partial charge in [-0.1, -0.05) is 27.5 Å². The Bertz CT molecular complexity index is 1310. The summed E-state index contributed by atoms with van der Waals surface area (Å²) in [6.07, 6.45) is 1.20. The topological polar surface area (TPSA) is 117 Å². The molecule has 0 spiro atoms. The first kappa shape index (κ1) is 21.5. The number of carboxylic acids is 1. The Morgan fingerprint density at radius 1 is 1.06 bits per heavy atom. The average molecular weight is 516 g/mol. The second-order valence-electron chi connectivity index (χ2n) is 6.64. The Morgan fingerprint density at radius 2 is 1.78 bits per heavy atom. The van der Waals surface area contributed by atoms with Crippen LogP contribution in [-0.4, -0.2) is 28.9 Å². The third kappa shape index (κ3) is 4.08. The van der Waals surface area contributed by atoms with Crippen molar-refractivity contribution < 1.29 is 28.7 Å². The molecule has 1 fully saturated rings. The van der Waals surface area contributed by atoms with Crippen molar-refractivity contribution in [2.45, 2.75) is 0 Å². The van der Waals surface area contributed by atoms with Crippen LogP contribution in [0.5, 0.6) is 0 Å². The lowest BCUT2D eigenvalue weighted by Gasteiger charge is -2.26. The summed E-state index contributed by atoms with van der Waals surface area (Å²) in [5, 5.41) is 11.6. The summed E-state index contributed by atoms with van der Waals surface area (Å²) in [5.41, 5.74) is 0.332. The second-order valence-corrected chi connectivity index (χ2v) is 7.96. The molecule has 2 N–H and O–H groups in total. The third-order valence-corrected chi connectivity index (χ3v) is 5.44. The molecule has 1 aliphatic rings. The number of anilines is 1. The number of barbiturate groups is 1. The van der Waals surface area contributed by atoms with E-state index in [9.17, 15) is 24.3 Å². The maximum absolute atomic E-state index is 12.9. The first-order valence-corrected chi connectivity index (χ1v) is 10.2. The van der Waals surface area contributed by atoms with E-state index in [1.165, 1.54) is 36.4 Å². The Balaban J connectivity index is 1.69. The van der Waals surface area contributed by atoms with Gasteiger partial charge in [-0.15, -0.1) is 0 Å². The Hall–Kier alpha value is -3.69. The fourth-order valence-corrected chi connectivity index (χ4v) is 3.52. The summed E-state index contributed by atoms with van der Waals surface area (Å²) in [5.74, 6) is -2.42. The lowest BCUT2D eigenvalue weighted by atomic mass is 10.1. The van der Waals surface area contributed by atoms with Gasteiger partial charge >= 0.3 is 12.0 Å². The summed E-state index contributed by atoms with van der Waals surface area (Å²) in [7, 11) is 0. The molecule has 0 unspecified atom stereocenters. The zero-order valence-corrected chi connectivity index (χ0v) is 18.3. The summed E-state index contributed by atoms with van der Waals surface area (Å²) >= 11 is 9.44. The zero-order chi connectivity index (χ0) is 23.0. The summed E-state index contributed by atoms with van der Waals surface area (Å²) in [6, 6.07) is 12.7. The smallest absolute Gasteiger partial charge is 0.335 e. The molecule has 4 amide bonds. The van der Waals surface area contributed by atoms with Crippen LogP contribution in [0, 0.1) is 0 Å². The van der Waals surface area contributed by atoms with Gasteiger partial charge in [0.25, 0.3) is 11.8 Å². The molecule has 2 aromatic carbocycles. The first-order chi connectivity index (χ1) is 15.2. The average Bonchev–Trinajstić information content (AvgIpc) is 3.21. The van der Waals surface area contributed by atoms with Gasteiger partial charge in [0.1, 0.15) is 17.1 Å². The largest absolute Gasteiger partial charge is 0.478 e. The fraction of sp³-hybridized carbons (Fsp3) is 0. The summed E-state index contributed by atoms with van der Waals surface area (Å²) in [6.45, 7) is 0. The highest BCUT2D eigenvalue weighted by Crippen LogP contribution is 2.31. The van der Waals surface area contributed by atoms with Gasteiger partial charge in [0.05, 0.1) is 16.3 Å². The number of carbonyl (C=O) groups is 4. The molecule has 0 aliphatic carbocycles. The normalized spacial score (nSPS) is 15.2. The number of aromatic carboxylic acids is 1. The number of nitrogens with one attached hydrogen (secondary N) is 1. The molecular weight excluding hydrogens is 504 g/mol. The number of urea groups is 1. The van der Waals surface area contributed by atoms with E-state index in [4.69, 9.17) is 16.0 Å². The first-order valence-electron chi connectivity index (χ1n) is 9.04. The number of nitrogens with zero attached hydrogens (tertiary/aromatic N) is 1. The minimum absolute atomic E-state index is 0.0196. The molecule has 8 nitrogen and oxygen atoms in total. The van der Waals surface area contributed by atoms with Crippen LogP contribution in [0.15, 0.2) is 69.1 Å². The maximum atomic E-state index is 12.9. The number of benzene rings is 2. The van der Waals surface area contributed by atoms with Gasteiger partial charge in [-0.25, -0.2) is 14.5 Å². The van der Waals surface area contributed by atoms with Crippen LogP contribution in [-0.2, 0) is 9.59 Å². The molecule has 0 atom stereocenters. The van der Waals surface area contributed by atoms with Crippen molar-refractivity contribution in [3.8, 4) is 11.3 Å².